The summed E-state index contributed by atoms with van der Waals surface area (Å²) < 4.78 is 11.3. The molecule has 1 saturated heterocycles. The van der Waals surface area contributed by atoms with Crippen LogP contribution in [0.2, 0.25) is 0 Å². The molecule has 0 saturated carbocycles. The highest BCUT2D eigenvalue weighted by Crippen LogP contribution is 2.39. The van der Waals surface area contributed by atoms with Crippen molar-refractivity contribution >= 4 is 23.5 Å². The van der Waals surface area contributed by atoms with Crippen molar-refractivity contribution in [3.8, 4) is 11.5 Å². The molecular formula is C24H24N2O3S. The molecule has 3 aromatic carbocycles. The van der Waals surface area contributed by atoms with Crippen molar-refractivity contribution in [2.24, 2.45) is 0 Å². The third kappa shape index (κ3) is 4.71. The number of hydrogen-bond donors (Lipinski definition) is 1. The van der Waals surface area contributed by atoms with Gasteiger partial charge >= 0.3 is 6.03 Å². The molecule has 0 radical (unpaired) electrons. The van der Waals surface area contributed by atoms with E-state index in [1.165, 1.54) is 0 Å². The van der Waals surface area contributed by atoms with Crippen LogP contribution in [0, 0.1) is 0 Å². The van der Waals surface area contributed by atoms with E-state index in [-0.39, 0.29) is 11.4 Å². The van der Waals surface area contributed by atoms with Crippen LogP contribution in [0.25, 0.3) is 0 Å². The molecule has 0 unspecified atom stereocenters. The molecule has 1 aliphatic rings. The molecule has 154 valence electrons. The first-order valence-electron chi connectivity index (χ1n) is 9.83. The summed E-state index contributed by atoms with van der Waals surface area (Å²) in [6, 6.07) is 25.4. The second-order valence-electron chi connectivity index (χ2n) is 6.89. The van der Waals surface area contributed by atoms with Gasteiger partial charge in [0, 0.05) is 12.3 Å². The smallest absolute Gasteiger partial charge is 0.323 e. The Morgan fingerprint density at radius 3 is 2.70 bits per heavy atom. The summed E-state index contributed by atoms with van der Waals surface area (Å²) in [5.41, 5.74) is 2.84. The molecule has 0 bridgehead atoms. The minimum Gasteiger partial charge on any atom is -0.495 e. The fourth-order valence-electron chi connectivity index (χ4n) is 3.39. The largest absolute Gasteiger partial charge is 0.495 e. The number of ether oxygens (including phenoxy) is 2. The molecule has 3 aromatic rings. The van der Waals surface area contributed by atoms with Gasteiger partial charge in [0.05, 0.1) is 12.8 Å². The Morgan fingerprint density at radius 1 is 1.07 bits per heavy atom. The first-order valence-corrected chi connectivity index (χ1v) is 10.9. The van der Waals surface area contributed by atoms with Crippen molar-refractivity contribution in [2.75, 3.05) is 24.7 Å². The average molecular weight is 421 g/mol. The molecule has 30 heavy (non-hydrogen) atoms. The molecule has 0 aliphatic carbocycles. The lowest BCUT2D eigenvalue weighted by Crippen LogP contribution is -2.34. The lowest BCUT2D eigenvalue weighted by atomic mass is 10.2. The van der Waals surface area contributed by atoms with Crippen molar-refractivity contribution in [2.45, 2.75) is 12.0 Å². The number of hydrogen-bond acceptors (Lipinski definition) is 4. The standard InChI is InChI=1S/C24H24N2O3S/c1-28-22-13-6-5-12-21(22)25-24(27)26-14-15-30-23(26)19-10-7-11-20(16-19)29-17-18-8-3-2-4-9-18/h2-13,16,23H,14-15,17H2,1H3,(H,25,27)/t23-/m0/s1. The quantitative estimate of drug-likeness (QED) is 0.568. The van der Waals surface area contributed by atoms with Crippen molar-refractivity contribution in [1.82, 2.24) is 4.90 Å². The number of nitrogens with one attached hydrogen (secondary N) is 1. The molecule has 0 spiro atoms. The summed E-state index contributed by atoms with van der Waals surface area (Å²) in [4.78, 5) is 14.8. The van der Waals surface area contributed by atoms with Crippen LogP contribution < -0.4 is 14.8 Å². The van der Waals surface area contributed by atoms with E-state index in [0.717, 1.165) is 22.6 Å². The maximum atomic E-state index is 13.0. The van der Waals surface area contributed by atoms with Gasteiger partial charge in [-0.05, 0) is 35.4 Å². The maximum absolute atomic E-state index is 13.0. The Balaban J connectivity index is 1.45. The van der Waals surface area contributed by atoms with E-state index in [9.17, 15) is 4.79 Å². The van der Waals surface area contributed by atoms with E-state index < -0.39 is 0 Å². The zero-order valence-electron chi connectivity index (χ0n) is 16.8. The highest BCUT2D eigenvalue weighted by atomic mass is 32.2. The first kappa shape index (κ1) is 20.2. The zero-order valence-corrected chi connectivity index (χ0v) is 17.6. The van der Waals surface area contributed by atoms with Crippen LogP contribution in [0.1, 0.15) is 16.5 Å². The van der Waals surface area contributed by atoms with E-state index in [1.807, 2.05) is 83.8 Å². The topological polar surface area (TPSA) is 50.8 Å². The molecule has 6 heteroatoms. The number of benzene rings is 3. The van der Waals surface area contributed by atoms with Gasteiger partial charge in [0.2, 0.25) is 0 Å². The molecule has 0 aromatic heterocycles. The fraction of sp³-hybridized carbons (Fsp3) is 0.208. The van der Waals surface area contributed by atoms with Crippen LogP contribution in [-0.2, 0) is 6.61 Å². The molecule has 1 heterocycles. The third-order valence-electron chi connectivity index (χ3n) is 4.89. The molecule has 1 aliphatic heterocycles. The number of methoxy groups -OCH3 is 1. The van der Waals surface area contributed by atoms with Gasteiger partial charge in [0.15, 0.2) is 0 Å². The normalized spacial score (nSPS) is 15.6. The van der Waals surface area contributed by atoms with Crippen LogP contribution in [-0.4, -0.2) is 30.3 Å². The van der Waals surface area contributed by atoms with Crippen molar-refractivity contribution in [1.29, 1.82) is 0 Å². The molecule has 1 atom stereocenters. The Morgan fingerprint density at radius 2 is 1.87 bits per heavy atom. The fourth-order valence-corrected chi connectivity index (χ4v) is 4.63. The number of thioether (sulfide) groups is 1. The Labute approximate surface area is 181 Å². The number of amides is 2. The molecular weight excluding hydrogens is 396 g/mol. The second kappa shape index (κ2) is 9.59. The number of carbonyl (C=O) groups excluding carboxylic acids is 1. The van der Waals surface area contributed by atoms with Crippen molar-refractivity contribution in [3.63, 3.8) is 0 Å². The van der Waals surface area contributed by atoms with E-state index in [2.05, 4.69) is 5.32 Å². The van der Waals surface area contributed by atoms with Crippen LogP contribution >= 0.6 is 11.8 Å². The zero-order chi connectivity index (χ0) is 20.8. The van der Waals surface area contributed by atoms with Gasteiger partial charge < -0.3 is 19.7 Å². The number of urea groups is 1. The summed E-state index contributed by atoms with van der Waals surface area (Å²) >= 11 is 1.75. The van der Waals surface area contributed by atoms with Gasteiger partial charge in [0.1, 0.15) is 23.5 Å². The SMILES string of the molecule is COc1ccccc1NC(=O)N1CCS[C@H]1c1cccc(OCc2ccccc2)c1. The van der Waals surface area contributed by atoms with E-state index in [1.54, 1.807) is 18.9 Å². The lowest BCUT2D eigenvalue weighted by Gasteiger charge is -2.25. The highest BCUT2D eigenvalue weighted by molar-refractivity contribution is 7.99. The predicted molar refractivity (Wildman–Crippen MR) is 121 cm³/mol. The molecule has 1 fully saturated rings. The Bertz CT molecular complexity index is 997. The number of rotatable bonds is 6. The predicted octanol–water partition coefficient (Wildman–Crippen LogP) is 5.55. The number of nitrogens with zero attached hydrogens (tertiary/aromatic N) is 1. The highest BCUT2D eigenvalue weighted by Gasteiger charge is 2.31. The molecule has 2 amide bonds. The molecule has 1 N–H and O–H groups in total. The number of para-hydroxylation sites is 2. The monoisotopic (exact) mass is 420 g/mol. The van der Waals surface area contributed by atoms with E-state index in [0.29, 0.717) is 24.6 Å². The first-order chi connectivity index (χ1) is 14.7. The van der Waals surface area contributed by atoms with Crippen molar-refractivity contribution in [3.05, 3.63) is 90.0 Å². The van der Waals surface area contributed by atoms with Crippen molar-refractivity contribution < 1.29 is 14.3 Å². The maximum Gasteiger partial charge on any atom is 0.323 e. The summed E-state index contributed by atoms with van der Waals surface area (Å²) in [6.45, 7) is 1.20. The van der Waals surface area contributed by atoms with Gasteiger partial charge in [-0.2, -0.15) is 0 Å². The Kier molecular flexibility index (Phi) is 6.44. The third-order valence-corrected chi connectivity index (χ3v) is 6.15. The minimum atomic E-state index is -0.134. The van der Waals surface area contributed by atoms with Crippen LogP contribution in [0.5, 0.6) is 11.5 Å². The number of anilines is 1. The summed E-state index contributed by atoms with van der Waals surface area (Å²) in [5.74, 6) is 2.33. The van der Waals surface area contributed by atoms with Crippen LogP contribution in [0.4, 0.5) is 10.5 Å². The van der Waals surface area contributed by atoms with Gasteiger partial charge in [-0.15, -0.1) is 11.8 Å². The summed E-state index contributed by atoms with van der Waals surface area (Å²) in [5, 5.41) is 2.93. The van der Waals surface area contributed by atoms with E-state index in [4.69, 9.17) is 9.47 Å². The average Bonchev–Trinajstić information content (AvgIpc) is 3.29. The van der Waals surface area contributed by atoms with Gasteiger partial charge in [-0.25, -0.2) is 4.79 Å². The van der Waals surface area contributed by atoms with E-state index >= 15 is 0 Å². The lowest BCUT2D eigenvalue weighted by molar-refractivity contribution is 0.214. The molecule has 4 rings (SSSR count). The van der Waals surface area contributed by atoms with Crippen LogP contribution in [0.3, 0.4) is 0 Å². The summed E-state index contributed by atoms with van der Waals surface area (Å²) in [7, 11) is 1.60. The van der Waals surface area contributed by atoms with Gasteiger partial charge in [-0.3, -0.25) is 0 Å². The van der Waals surface area contributed by atoms with Gasteiger partial charge in [-0.1, -0.05) is 54.6 Å². The number of carbonyl (C=O) groups is 1. The van der Waals surface area contributed by atoms with Crippen LogP contribution in [0.15, 0.2) is 78.9 Å². The van der Waals surface area contributed by atoms with Gasteiger partial charge in [0.25, 0.3) is 0 Å². The second-order valence-corrected chi connectivity index (χ2v) is 8.08. The minimum absolute atomic E-state index is 0.0556. The Hall–Kier alpha value is -3.12. The molecule has 5 nitrogen and oxygen atoms in total. The summed E-state index contributed by atoms with van der Waals surface area (Å²) in [6.07, 6.45) is 0.